The average Bonchev–Trinajstić information content (AvgIpc) is 2.49. The number of nitrogens with one attached hydrogen (secondary N) is 1. The third kappa shape index (κ3) is 1.11. The summed E-state index contributed by atoms with van der Waals surface area (Å²) in [6.45, 7) is 3.89. The molecule has 1 aliphatic rings. The lowest BCUT2D eigenvalue weighted by Gasteiger charge is -2.19. The van der Waals surface area contributed by atoms with E-state index >= 15 is 0 Å². The number of hydrogen-bond donors (Lipinski definition) is 1. The monoisotopic (exact) mass is 186 g/mol. The van der Waals surface area contributed by atoms with Gasteiger partial charge in [0.25, 0.3) is 0 Å². The van der Waals surface area contributed by atoms with Gasteiger partial charge in [0.15, 0.2) is 5.82 Å². The van der Waals surface area contributed by atoms with E-state index in [2.05, 4.69) is 27.0 Å². The molecule has 1 aliphatic heterocycles. The standard InChI is InChI=1S/C7H11ClN4/c1-2-5-10-11-7-6(8)9-3-4-12(5)7/h6,9H,2-4H2,1H3. The zero-order valence-electron chi connectivity index (χ0n) is 6.92. The highest BCUT2D eigenvalue weighted by molar-refractivity contribution is 6.20. The van der Waals surface area contributed by atoms with Gasteiger partial charge in [0.1, 0.15) is 11.3 Å². The molecule has 0 aromatic carbocycles. The molecule has 1 atom stereocenters. The lowest BCUT2D eigenvalue weighted by atomic mass is 10.4. The summed E-state index contributed by atoms with van der Waals surface area (Å²) in [6, 6.07) is 0. The summed E-state index contributed by atoms with van der Waals surface area (Å²) in [4.78, 5) is 0. The van der Waals surface area contributed by atoms with Gasteiger partial charge in [-0.25, -0.2) is 0 Å². The summed E-state index contributed by atoms with van der Waals surface area (Å²) in [7, 11) is 0. The number of aryl methyl sites for hydroxylation is 1. The van der Waals surface area contributed by atoms with E-state index < -0.39 is 0 Å². The fourth-order valence-electron chi connectivity index (χ4n) is 1.44. The highest BCUT2D eigenvalue weighted by Crippen LogP contribution is 2.19. The first-order valence-electron chi connectivity index (χ1n) is 4.12. The van der Waals surface area contributed by atoms with Gasteiger partial charge in [0.05, 0.1) is 0 Å². The zero-order chi connectivity index (χ0) is 8.55. The van der Waals surface area contributed by atoms with Crippen molar-refractivity contribution in [2.45, 2.75) is 25.4 Å². The molecular weight excluding hydrogens is 176 g/mol. The number of halogens is 1. The topological polar surface area (TPSA) is 42.7 Å². The molecule has 1 N–H and O–H groups in total. The summed E-state index contributed by atoms with van der Waals surface area (Å²) < 4.78 is 2.09. The van der Waals surface area contributed by atoms with Gasteiger partial charge in [0, 0.05) is 19.5 Å². The molecule has 0 fully saturated rings. The Kier molecular flexibility index (Phi) is 2.02. The second-order valence-electron chi connectivity index (χ2n) is 2.80. The molecule has 0 spiro atoms. The van der Waals surface area contributed by atoms with Gasteiger partial charge in [-0.3, -0.25) is 5.32 Å². The number of rotatable bonds is 1. The number of aromatic nitrogens is 3. The van der Waals surface area contributed by atoms with Crippen molar-refractivity contribution in [1.82, 2.24) is 20.1 Å². The first-order chi connectivity index (χ1) is 5.83. The Morgan fingerprint density at radius 3 is 3.25 bits per heavy atom. The van der Waals surface area contributed by atoms with Crippen LogP contribution in [0.1, 0.15) is 24.1 Å². The van der Waals surface area contributed by atoms with Crippen LogP contribution in [0.25, 0.3) is 0 Å². The van der Waals surface area contributed by atoms with Crippen LogP contribution in [-0.4, -0.2) is 21.3 Å². The summed E-state index contributed by atoms with van der Waals surface area (Å²) >= 11 is 5.98. The SMILES string of the molecule is CCc1nnc2n1CCNC2Cl. The Hall–Kier alpha value is -0.610. The molecule has 4 nitrogen and oxygen atoms in total. The lowest BCUT2D eigenvalue weighted by Crippen LogP contribution is -2.31. The quantitative estimate of drug-likeness (QED) is 0.518. The van der Waals surface area contributed by atoms with Crippen LogP contribution in [0.5, 0.6) is 0 Å². The predicted octanol–water partition coefficient (Wildman–Crippen LogP) is 0.681. The van der Waals surface area contributed by atoms with Crippen molar-refractivity contribution in [1.29, 1.82) is 0 Å². The largest absolute Gasteiger partial charge is 0.311 e. The molecule has 0 amide bonds. The third-order valence-corrected chi connectivity index (χ3v) is 2.41. The van der Waals surface area contributed by atoms with Crippen molar-refractivity contribution in [2.24, 2.45) is 0 Å². The Bertz CT molecular complexity index is 283. The molecule has 1 aromatic rings. The molecule has 66 valence electrons. The first-order valence-corrected chi connectivity index (χ1v) is 4.56. The van der Waals surface area contributed by atoms with E-state index in [-0.39, 0.29) is 5.50 Å². The molecule has 0 saturated carbocycles. The summed E-state index contributed by atoms with van der Waals surface area (Å²) in [5, 5.41) is 11.2. The van der Waals surface area contributed by atoms with Crippen molar-refractivity contribution < 1.29 is 0 Å². The lowest BCUT2D eigenvalue weighted by molar-refractivity contribution is 0.482. The Morgan fingerprint density at radius 2 is 2.50 bits per heavy atom. The van der Waals surface area contributed by atoms with E-state index in [1.165, 1.54) is 0 Å². The summed E-state index contributed by atoms with van der Waals surface area (Å²) in [6.07, 6.45) is 0.913. The van der Waals surface area contributed by atoms with Crippen LogP contribution < -0.4 is 5.32 Å². The average molecular weight is 187 g/mol. The molecular formula is C7H11ClN4. The van der Waals surface area contributed by atoms with Gasteiger partial charge < -0.3 is 4.57 Å². The second kappa shape index (κ2) is 3.03. The molecule has 0 radical (unpaired) electrons. The minimum absolute atomic E-state index is 0.174. The van der Waals surface area contributed by atoms with E-state index in [1.807, 2.05) is 0 Å². The smallest absolute Gasteiger partial charge is 0.165 e. The molecule has 12 heavy (non-hydrogen) atoms. The maximum absolute atomic E-state index is 5.98. The normalized spacial score (nSPS) is 22.3. The van der Waals surface area contributed by atoms with Crippen LogP contribution in [0.4, 0.5) is 0 Å². The van der Waals surface area contributed by atoms with E-state index in [0.717, 1.165) is 31.2 Å². The van der Waals surface area contributed by atoms with Crippen LogP contribution in [0.2, 0.25) is 0 Å². The highest BCUT2D eigenvalue weighted by atomic mass is 35.5. The molecule has 0 bridgehead atoms. The fraction of sp³-hybridized carbons (Fsp3) is 0.714. The van der Waals surface area contributed by atoms with Crippen LogP contribution in [0.15, 0.2) is 0 Å². The molecule has 2 heterocycles. The molecule has 1 unspecified atom stereocenters. The van der Waals surface area contributed by atoms with Gasteiger partial charge in [-0.05, 0) is 0 Å². The van der Waals surface area contributed by atoms with Crippen LogP contribution in [0, 0.1) is 0 Å². The predicted molar refractivity (Wildman–Crippen MR) is 46.0 cm³/mol. The van der Waals surface area contributed by atoms with E-state index in [9.17, 15) is 0 Å². The van der Waals surface area contributed by atoms with Gasteiger partial charge >= 0.3 is 0 Å². The van der Waals surface area contributed by atoms with Gasteiger partial charge in [-0.1, -0.05) is 18.5 Å². The van der Waals surface area contributed by atoms with Crippen LogP contribution in [-0.2, 0) is 13.0 Å². The van der Waals surface area contributed by atoms with E-state index in [0.29, 0.717) is 0 Å². The Morgan fingerprint density at radius 1 is 1.67 bits per heavy atom. The van der Waals surface area contributed by atoms with Crippen molar-refractivity contribution in [2.75, 3.05) is 6.54 Å². The number of fused-ring (bicyclic) bond motifs is 1. The number of alkyl halides is 1. The Labute approximate surface area is 75.9 Å². The molecule has 2 rings (SSSR count). The van der Waals surface area contributed by atoms with Gasteiger partial charge in [-0.15, -0.1) is 10.2 Å². The van der Waals surface area contributed by atoms with Crippen molar-refractivity contribution in [3.05, 3.63) is 11.6 Å². The minimum Gasteiger partial charge on any atom is -0.311 e. The van der Waals surface area contributed by atoms with Crippen molar-refractivity contribution >= 4 is 11.6 Å². The van der Waals surface area contributed by atoms with Crippen LogP contribution >= 0.6 is 11.6 Å². The highest BCUT2D eigenvalue weighted by Gasteiger charge is 2.21. The Balaban J connectivity index is 2.41. The first kappa shape index (κ1) is 8.01. The minimum atomic E-state index is -0.174. The zero-order valence-corrected chi connectivity index (χ0v) is 7.67. The van der Waals surface area contributed by atoms with Gasteiger partial charge in [0.2, 0.25) is 0 Å². The van der Waals surface area contributed by atoms with E-state index in [4.69, 9.17) is 11.6 Å². The maximum Gasteiger partial charge on any atom is 0.165 e. The fourth-order valence-corrected chi connectivity index (χ4v) is 1.71. The second-order valence-corrected chi connectivity index (χ2v) is 3.23. The molecule has 0 aliphatic carbocycles. The van der Waals surface area contributed by atoms with Gasteiger partial charge in [-0.2, -0.15) is 0 Å². The third-order valence-electron chi connectivity index (χ3n) is 2.06. The van der Waals surface area contributed by atoms with E-state index in [1.54, 1.807) is 0 Å². The number of nitrogens with zero attached hydrogens (tertiary/aromatic N) is 3. The van der Waals surface area contributed by atoms with Crippen LogP contribution in [0.3, 0.4) is 0 Å². The molecule has 5 heteroatoms. The summed E-state index contributed by atoms with van der Waals surface area (Å²) in [5.74, 6) is 1.87. The van der Waals surface area contributed by atoms with Crippen molar-refractivity contribution in [3.63, 3.8) is 0 Å². The van der Waals surface area contributed by atoms with Crippen molar-refractivity contribution in [3.8, 4) is 0 Å². The summed E-state index contributed by atoms with van der Waals surface area (Å²) in [5.41, 5.74) is -0.174. The molecule has 1 aromatic heterocycles. The number of hydrogen-bond acceptors (Lipinski definition) is 3. The maximum atomic E-state index is 5.98. The molecule has 0 saturated heterocycles.